The molecule has 0 aromatic carbocycles. The van der Waals surface area contributed by atoms with E-state index in [2.05, 4.69) is 43.1 Å². The summed E-state index contributed by atoms with van der Waals surface area (Å²) in [5.74, 6) is 1.95. The molecule has 0 aromatic rings. The highest BCUT2D eigenvalue weighted by Gasteiger charge is 2.16. The zero-order chi connectivity index (χ0) is 14.8. The fourth-order valence-electron chi connectivity index (χ4n) is 2.67. The quantitative estimate of drug-likeness (QED) is 0.398. The summed E-state index contributed by atoms with van der Waals surface area (Å²) in [6, 6.07) is 0. The zero-order valence-electron chi connectivity index (χ0n) is 14.4. The molecule has 0 spiro atoms. The van der Waals surface area contributed by atoms with Gasteiger partial charge in [0, 0.05) is 26.7 Å². The molecule has 0 atom stereocenters. The second-order valence-corrected chi connectivity index (χ2v) is 6.05. The van der Waals surface area contributed by atoms with Crippen molar-refractivity contribution in [1.29, 1.82) is 0 Å². The van der Waals surface area contributed by atoms with Gasteiger partial charge in [0.15, 0.2) is 5.96 Å². The van der Waals surface area contributed by atoms with E-state index in [-0.39, 0.29) is 24.0 Å². The Labute approximate surface area is 148 Å². The Hall–Kier alpha value is -0.0400. The molecule has 1 aliphatic heterocycles. The van der Waals surface area contributed by atoms with E-state index in [9.17, 15) is 0 Å². The fourth-order valence-corrected chi connectivity index (χ4v) is 2.67. The lowest BCUT2D eigenvalue weighted by atomic mass is 9.94. The molecule has 1 N–H and O–H groups in total. The lowest BCUT2D eigenvalue weighted by Gasteiger charge is -2.28. The lowest BCUT2D eigenvalue weighted by molar-refractivity contribution is 0.214. The van der Waals surface area contributed by atoms with Gasteiger partial charge in [-0.05, 0) is 58.7 Å². The van der Waals surface area contributed by atoms with Crippen molar-refractivity contribution in [1.82, 2.24) is 15.1 Å². The van der Waals surface area contributed by atoms with Gasteiger partial charge in [-0.2, -0.15) is 0 Å². The maximum atomic E-state index is 4.80. The van der Waals surface area contributed by atoms with E-state index in [1.54, 1.807) is 0 Å². The summed E-state index contributed by atoms with van der Waals surface area (Å²) in [4.78, 5) is 9.50. The van der Waals surface area contributed by atoms with E-state index >= 15 is 0 Å². The molecule has 0 bridgehead atoms. The number of hydrogen-bond donors (Lipinski definition) is 1. The number of likely N-dealkylation sites (tertiary alicyclic amines) is 1. The van der Waals surface area contributed by atoms with E-state index < -0.39 is 0 Å². The number of guanidine groups is 1. The smallest absolute Gasteiger partial charge is 0.193 e. The summed E-state index contributed by atoms with van der Waals surface area (Å²) in [6.07, 6.45) is 6.39. The second-order valence-electron chi connectivity index (χ2n) is 6.05. The summed E-state index contributed by atoms with van der Waals surface area (Å²) in [5.41, 5.74) is 0. The Morgan fingerprint density at radius 1 is 1.29 bits per heavy atom. The van der Waals surface area contributed by atoms with Gasteiger partial charge in [-0.3, -0.25) is 4.99 Å². The van der Waals surface area contributed by atoms with Crippen molar-refractivity contribution in [3.63, 3.8) is 0 Å². The van der Waals surface area contributed by atoms with Crippen LogP contribution in [0.5, 0.6) is 0 Å². The zero-order valence-corrected chi connectivity index (χ0v) is 16.7. The first-order valence-corrected chi connectivity index (χ1v) is 8.35. The summed E-state index contributed by atoms with van der Waals surface area (Å²) in [5, 5.41) is 3.40. The van der Waals surface area contributed by atoms with Crippen LogP contribution in [0.1, 0.15) is 46.0 Å². The van der Waals surface area contributed by atoms with Crippen LogP contribution in [-0.4, -0.2) is 62.6 Å². The highest BCUT2D eigenvalue weighted by Crippen LogP contribution is 2.19. The summed E-state index contributed by atoms with van der Waals surface area (Å²) >= 11 is 0. The van der Waals surface area contributed by atoms with E-state index in [0.29, 0.717) is 0 Å². The Bertz CT molecular complexity index is 275. The summed E-state index contributed by atoms with van der Waals surface area (Å²) in [7, 11) is 4.37. The minimum Gasteiger partial charge on any atom is -0.357 e. The number of unbranched alkanes of at least 4 members (excludes halogenated alkanes) is 1. The van der Waals surface area contributed by atoms with Crippen LogP contribution in [0.25, 0.3) is 0 Å². The van der Waals surface area contributed by atoms with Crippen LogP contribution in [0.15, 0.2) is 4.99 Å². The van der Waals surface area contributed by atoms with Crippen LogP contribution in [0, 0.1) is 5.92 Å². The highest BCUT2D eigenvalue weighted by molar-refractivity contribution is 14.0. The van der Waals surface area contributed by atoms with Gasteiger partial charge in [0.2, 0.25) is 0 Å². The Kier molecular flexibility index (Phi) is 12.5. The first kappa shape index (κ1) is 21.0. The van der Waals surface area contributed by atoms with Crippen molar-refractivity contribution in [2.24, 2.45) is 10.9 Å². The number of nitrogens with zero attached hydrogens (tertiary/aromatic N) is 3. The predicted octanol–water partition coefficient (Wildman–Crippen LogP) is 3.03. The molecule has 126 valence electrons. The van der Waals surface area contributed by atoms with Gasteiger partial charge >= 0.3 is 0 Å². The average molecular weight is 410 g/mol. The van der Waals surface area contributed by atoms with Gasteiger partial charge in [0.05, 0.1) is 0 Å². The van der Waals surface area contributed by atoms with Crippen LogP contribution in [-0.2, 0) is 0 Å². The van der Waals surface area contributed by atoms with E-state index in [1.807, 2.05) is 0 Å². The lowest BCUT2D eigenvalue weighted by Crippen LogP contribution is -2.39. The third-order valence-corrected chi connectivity index (χ3v) is 4.18. The molecule has 21 heavy (non-hydrogen) atoms. The molecule has 1 saturated heterocycles. The van der Waals surface area contributed by atoms with Gasteiger partial charge in [-0.15, -0.1) is 24.0 Å². The van der Waals surface area contributed by atoms with E-state index in [1.165, 1.54) is 45.2 Å². The third kappa shape index (κ3) is 8.86. The molecular weight excluding hydrogens is 375 g/mol. The van der Waals surface area contributed by atoms with Gasteiger partial charge in [-0.25, -0.2) is 0 Å². The molecule has 0 saturated carbocycles. The van der Waals surface area contributed by atoms with Gasteiger partial charge < -0.3 is 15.1 Å². The van der Waals surface area contributed by atoms with Crippen molar-refractivity contribution in [3.05, 3.63) is 0 Å². The monoisotopic (exact) mass is 410 g/mol. The van der Waals surface area contributed by atoms with Crippen LogP contribution >= 0.6 is 24.0 Å². The van der Waals surface area contributed by atoms with Crippen molar-refractivity contribution in [3.8, 4) is 0 Å². The maximum Gasteiger partial charge on any atom is 0.193 e. The number of piperidine rings is 1. The van der Waals surface area contributed by atoms with Crippen molar-refractivity contribution in [2.45, 2.75) is 46.0 Å². The largest absolute Gasteiger partial charge is 0.357 e. The third-order valence-electron chi connectivity index (χ3n) is 4.18. The Morgan fingerprint density at radius 2 is 1.95 bits per heavy atom. The molecule has 0 radical (unpaired) electrons. The number of halogens is 1. The molecule has 0 aromatic heterocycles. The standard InChI is InChI=1S/C16H34N4.HI/c1-5-7-12-20(4)16(17-6-2)18-11-8-15-9-13-19(3)14-10-15;/h15H,5-14H2,1-4H3,(H,17,18);1H. The van der Waals surface area contributed by atoms with Gasteiger partial charge in [0.1, 0.15) is 0 Å². The molecule has 0 unspecified atom stereocenters. The molecule has 0 aliphatic carbocycles. The Morgan fingerprint density at radius 3 is 2.52 bits per heavy atom. The molecule has 1 fully saturated rings. The molecule has 1 rings (SSSR count). The van der Waals surface area contributed by atoms with Gasteiger partial charge in [0.25, 0.3) is 0 Å². The van der Waals surface area contributed by atoms with Crippen molar-refractivity contribution in [2.75, 3.05) is 46.8 Å². The van der Waals surface area contributed by atoms with E-state index in [0.717, 1.165) is 31.5 Å². The average Bonchev–Trinajstić information content (AvgIpc) is 2.46. The molecule has 0 amide bonds. The normalized spacial score (nSPS) is 17.4. The summed E-state index contributed by atoms with van der Waals surface area (Å²) < 4.78 is 0. The minimum absolute atomic E-state index is 0. The van der Waals surface area contributed by atoms with Crippen LogP contribution in [0.3, 0.4) is 0 Å². The highest BCUT2D eigenvalue weighted by atomic mass is 127. The number of rotatable bonds is 7. The number of nitrogens with one attached hydrogen (secondary N) is 1. The molecule has 1 heterocycles. The number of aliphatic imine (C=N–C) groups is 1. The SMILES string of the molecule is CCCCN(C)C(=NCCC1CCN(C)CC1)NCC.I. The van der Waals surface area contributed by atoms with Crippen molar-refractivity contribution >= 4 is 29.9 Å². The topological polar surface area (TPSA) is 30.9 Å². The summed E-state index contributed by atoms with van der Waals surface area (Å²) in [6.45, 7) is 9.89. The molecular formula is C16H35IN4. The van der Waals surface area contributed by atoms with E-state index in [4.69, 9.17) is 4.99 Å². The first-order valence-electron chi connectivity index (χ1n) is 8.35. The van der Waals surface area contributed by atoms with Crippen molar-refractivity contribution < 1.29 is 0 Å². The predicted molar refractivity (Wildman–Crippen MR) is 104 cm³/mol. The van der Waals surface area contributed by atoms with Crippen LogP contribution < -0.4 is 5.32 Å². The number of hydrogen-bond acceptors (Lipinski definition) is 2. The second kappa shape index (κ2) is 12.5. The Balaban J connectivity index is 0.00000400. The molecule has 4 nitrogen and oxygen atoms in total. The molecule has 1 aliphatic rings. The first-order chi connectivity index (χ1) is 9.67. The minimum atomic E-state index is 0. The maximum absolute atomic E-state index is 4.80. The van der Waals surface area contributed by atoms with Gasteiger partial charge in [-0.1, -0.05) is 13.3 Å². The molecule has 5 heteroatoms. The van der Waals surface area contributed by atoms with Crippen LogP contribution in [0.4, 0.5) is 0 Å². The van der Waals surface area contributed by atoms with Crippen LogP contribution in [0.2, 0.25) is 0 Å². The fraction of sp³-hybridized carbons (Fsp3) is 0.938.